The molecule has 3 heteroatoms. The lowest BCUT2D eigenvalue weighted by atomic mass is 9.92. The molecule has 1 aliphatic carbocycles. The maximum absolute atomic E-state index is 11.2. The second-order valence-corrected chi connectivity index (χ2v) is 5.18. The van der Waals surface area contributed by atoms with Crippen LogP contribution in [-0.2, 0) is 9.53 Å². The number of ketones is 1. The molecule has 3 nitrogen and oxygen atoms in total. The molecule has 3 rings (SSSR count). The molecule has 2 atom stereocenters. The summed E-state index contributed by atoms with van der Waals surface area (Å²) >= 11 is 0. The summed E-state index contributed by atoms with van der Waals surface area (Å²) in [5.74, 6) is 0.461. The molecule has 0 aromatic heterocycles. The molecule has 0 aromatic carbocycles. The zero-order valence-corrected chi connectivity index (χ0v) is 9.15. The summed E-state index contributed by atoms with van der Waals surface area (Å²) in [6, 6.07) is 0.662. The Labute approximate surface area is 90.8 Å². The van der Waals surface area contributed by atoms with Crippen LogP contribution < -0.4 is 0 Å². The molecular formula is C12H19NO2. The minimum Gasteiger partial charge on any atom is -0.372 e. The summed E-state index contributed by atoms with van der Waals surface area (Å²) in [4.78, 5) is 13.8. The predicted molar refractivity (Wildman–Crippen MR) is 56.7 cm³/mol. The van der Waals surface area contributed by atoms with Gasteiger partial charge in [-0.15, -0.1) is 0 Å². The van der Waals surface area contributed by atoms with Gasteiger partial charge in [0.1, 0.15) is 5.78 Å². The first-order valence-corrected chi connectivity index (χ1v) is 6.22. The summed E-state index contributed by atoms with van der Waals surface area (Å²) in [5.41, 5.74) is 0. The third kappa shape index (κ3) is 1.95. The molecule has 0 radical (unpaired) electrons. The predicted octanol–water partition coefficient (Wildman–Crippen LogP) is 1.36. The highest BCUT2D eigenvalue weighted by Gasteiger charge is 2.37. The largest absolute Gasteiger partial charge is 0.372 e. The summed E-state index contributed by atoms with van der Waals surface area (Å²) in [7, 11) is 0. The van der Waals surface area contributed by atoms with E-state index in [9.17, 15) is 4.79 Å². The van der Waals surface area contributed by atoms with Crippen LogP contribution in [0.25, 0.3) is 0 Å². The quantitative estimate of drug-likeness (QED) is 0.653. The van der Waals surface area contributed by atoms with Crippen molar-refractivity contribution in [2.75, 3.05) is 13.1 Å². The fourth-order valence-corrected chi connectivity index (χ4v) is 3.23. The molecule has 15 heavy (non-hydrogen) atoms. The molecule has 0 spiro atoms. The van der Waals surface area contributed by atoms with E-state index in [1.807, 2.05) is 0 Å². The molecule has 2 unspecified atom stereocenters. The van der Waals surface area contributed by atoms with Crippen LogP contribution in [0.1, 0.15) is 38.5 Å². The van der Waals surface area contributed by atoms with Gasteiger partial charge in [-0.25, -0.2) is 0 Å². The summed E-state index contributed by atoms with van der Waals surface area (Å²) in [5, 5.41) is 0. The summed E-state index contributed by atoms with van der Waals surface area (Å²) < 4.78 is 5.83. The van der Waals surface area contributed by atoms with Crippen molar-refractivity contribution in [1.82, 2.24) is 4.90 Å². The second kappa shape index (κ2) is 3.87. The number of nitrogens with zero attached hydrogens (tertiary/aromatic N) is 1. The number of fused-ring (bicyclic) bond motifs is 2. The van der Waals surface area contributed by atoms with Crippen LogP contribution in [0.3, 0.4) is 0 Å². The van der Waals surface area contributed by atoms with Gasteiger partial charge in [-0.2, -0.15) is 0 Å². The van der Waals surface area contributed by atoms with Gasteiger partial charge in [-0.05, 0) is 25.7 Å². The Balaban J connectivity index is 1.60. The van der Waals surface area contributed by atoms with Crippen LogP contribution in [-0.4, -0.2) is 42.0 Å². The van der Waals surface area contributed by atoms with Crippen molar-refractivity contribution in [2.45, 2.75) is 56.8 Å². The van der Waals surface area contributed by atoms with Gasteiger partial charge in [-0.1, -0.05) is 0 Å². The SMILES string of the molecule is O=C1CCC(N2CC3CCC(C2)O3)CC1. The van der Waals surface area contributed by atoms with Gasteiger partial charge in [0.2, 0.25) is 0 Å². The Kier molecular flexibility index (Phi) is 2.53. The number of morpholine rings is 1. The van der Waals surface area contributed by atoms with Crippen LogP contribution in [0.15, 0.2) is 0 Å². The van der Waals surface area contributed by atoms with E-state index in [2.05, 4.69) is 4.90 Å². The Hall–Kier alpha value is -0.410. The molecule has 3 fully saturated rings. The number of hydrogen-bond donors (Lipinski definition) is 0. The molecule has 0 N–H and O–H groups in total. The third-order valence-corrected chi connectivity index (χ3v) is 4.10. The van der Waals surface area contributed by atoms with E-state index in [4.69, 9.17) is 4.74 Å². The lowest BCUT2D eigenvalue weighted by Crippen LogP contribution is -2.49. The number of Topliss-reactive ketones (excluding diaryl/α,β-unsaturated/α-hetero) is 1. The van der Waals surface area contributed by atoms with Crippen molar-refractivity contribution < 1.29 is 9.53 Å². The fraction of sp³-hybridized carbons (Fsp3) is 0.917. The maximum Gasteiger partial charge on any atom is 0.133 e. The van der Waals surface area contributed by atoms with Crippen molar-refractivity contribution in [3.8, 4) is 0 Å². The van der Waals surface area contributed by atoms with Gasteiger partial charge in [0.25, 0.3) is 0 Å². The molecule has 3 aliphatic rings. The van der Waals surface area contributed by atoms with Crippen LogP contribution in [0.4, 0.5) is 0 Å². The zero-order chi connectivity index (χ0) is 10.3. The summed E-state index contributed by atoms with van der Waals surface area (Å²) in [6.45, 7) is 2.21. The van der Waals surface area contributed by atoms with Crippen molar-refractivity contribution in [1.29, 1.82) is 0 Å². The topological polar surface area (TPSA) is 29.5 Å². The molecule has 2 heterocycles. The van der Waals surface area contributed by atoms with E-state index in [-0.39, 0.29) is 0 Å². The van der Waals surface area contributed by atoms with E-state index in [1.54, 1.807) is 0 Å². The fourth-order valence-electron chi connectivity index (χ4n) is 3.23. The number of ether oxygens (including phenoxy) is 1. The molecule has 0 aromatic rings. The molecule has 0 amide bonds. The monoisotopic (exact) mass is 209 g/mol. The second-order valence-electron chi connectivity index (χ2n) is 5.18. The van der Waals surface area contributed by atoms with E-state index in [0.717, 1.165) is 38.8 Å². The molecule has 1 saturated carbocycles. The Bertz CT molecular complexity index is 244. The number of carbonyl (C=O) groups is 1. The van der Waals surface area contributed by atoms with Gasteiger partial charge in [0, 0.05) is 32.0 Å². The lowest BCUT2D eigenvalue weighted by molar-refractivity contribution is -0.122. The van der Waals surface area contributed by atoms with E-state index < -0.39 is 0 Å². The Morgan fingerprint density at radius 3 is 2.20 bits per heavy atom. The molecule has 2 bridgehead atoms. The number of likely N-dealkylation sites (tertiary alicyclic amines) is 1. The maximum atomic E-state index is 11.2. The van der Waals surface area contributed by atoms with Crippen LogP contribution in [0.5, 0.6) is 0 Å². The first-order chi connectivity index (χ1) is 7.31. The third-order valence-electron chi connectivity index (χ3n) is 4.10. The van der Waals surface area contributed by atoms with Gasteiger partial charge >= 0.3 is 0 Å². The summed E-state index contributed by atoms with van der Waals surface area (Å²) in [6.07, 6.45) is 7.23. The van der Waals surface area contributed by atoms with Gasteiger partial charge in [0.05, 0.1) is 12.2 Å². The minimum atomic E-state index is 0.461. The highest BCUT2D eigenvalue weighted by molar-refractivity contribution is 5.79. The number of rotatable bonds is 1. The smallest absolute Gasteiger partial charge is 0.133 e. The molecule has 2 saturated heterocycles. The minimum absolute atomic E-state index is 0.461. The van der Waals surface area contributed by atoms with Crippen molar-refractivity contribution in [2.24, 2.45) is 0 Å². The molecule has 84 valence electrons. The average molecular weight is 209 g/mol. The van der Waals surface area contributed by atoms with Crippen LogP contribution >= 0.6 is 0 Å². The van der Waals surface area contributed by atoms with E-state index in [0.29, 0.717) is 24.0 Å². The standard InChI is InChI=1S/C12H19NO2/c14-10-3-1-9(2-4-10)13-7-11-5-6-12(8-13)15-11/h9,11-12H,1-8H2. The lowest BCUT2D eigenvalue weighted by Gasteiger charge is -2.39. The normalized spacial score (nSPS) is 38.5. The highest BCUT2D eigenvalue weighted by Crippen LogP contribution is 2.30. The number of hydrogen-bond acceptors (Lipinski definition) is 3. The van der Waals surface area contributed by atoms with E-state index >= 15 is 0 Å². The Morgan fingerprint density at radius 2 is 1.60 bits per heavy atom. The van der Waals surface area contributed by atoms with Crippen LogP contribution in [0, 0.1) is 0 Å². The first kappa shape index (κ1) is 9.79. The number of carbonyl (C=O) groups excluding carboxylic acids is 1. The first-order valence-electron chi connectivity index (χ1n) is 6.22. The van der Waals surface area contributed by atoms with Crippen molar-refractivity contribution >= 4 is 5.78 Å². The van der Waals surface area contributed by atoms with Crippen LogP contribution in [0.2, 0.25) is 0 Å². The zero-order valence-electron chi connectivity index (χ0n) is 9.15. The van der Waals surface area contributed by atoms with E-state index in [1.165, 1.54) is 12.8 Å². The average Bonchev–Trinajstić information content (AvgIpc) is 2.59. The van der Waals surface area contributed by atoms with Gasteiger partial charge in [0.15, 0.2) is 0 Å². The highest BCUT2D eigenvalue weighted by atomic mass is 16.5. The van der Waals surface area contributed by atoms with Gasteiger partial charge < -0.3 is 4.74 Å². The van der Waals surface area contributed by atoms with Gasteiger partial charge in [-0.3, -0.25) is 9.69 Å². The van der Waals surface area contributed by atoms with Crippen molar-refractivity contribution in [3.05, 3.63) is 0 Å². The molecule has 2 aliphatic heterocycles. The molecular weight excluding hydrogens is 190 g/mol. The Morgan fingerprint density at radius 1 is 1.00 bits per heavy atom. The van der Waals surface area contributed by atoms with Crippen molar-refractivity contribution in [3.63, 3.8) is 0 Å².